The number of amides is 2. The van der Waals surface area contributed by atoms with Crippen molar-refractivity contribution >= 4 is 46.5 Å². The highest BCUT2D eigenvalue weighted by atomic mass is 32.1. The summed E-state index contributed by atoms with van der Waals surface area (Å²) in [7, 11) is 1.57. The van der Waals surface area contributed by atoms with Gasteiger partial charge in [0, 0.05) is 12.2 Å². The van der Waals surface area contributed by atoms with Gasteiger partial charge in [-0.2, -0.15) is 0 Å². The second-order valence-electron chi connectivity index (χ2n) is 9.00. The van der Waals surface area contributed by atoms with Crippen LogP contribution < -0.4 is 15.0 Å². The lowest BCUT2D eigenvalue weighted by molar-refractivity contribution is -0.124. The van der Waals surface area contributed by atoms with E-state index in [9.17, 15) is 14.4 Å². The van der Waals surface area contributed by atoms with Crippen LogP contribution in [0.15, 0.2) is 78.9 Å². The number of rotatable bonds is 11. The van der Waals surface area contributed by atoms with Crippen molar-refractivity contribution in [2.45, 2.75) is 32.2 Å². The highest BCUT2D eigenvalue weighted by molar-refractivity contribution is 7.80. The average Bonchev–Trinajstić information content (AvgIpc) is 3.18. The van der Waals surface area contributed by atoms with Crippen LogP contribution in [-0.4, -0.2) is 54.1 Å². The van der Waals surface area contributed by atoms with Crippen LogP contribution in [-0.2, 0) is 20.7 Å². The molecule has 1 atom stereocenters. The Bertz CT molecular complexity index is 1310. The van der Waals surface area contributed by atoms with E-state index in [0.717, 1.165) is 12.8 Å². The molecule has 0 bridgehead atoms. The summed E-state index contributed by atoms with van der Waals surface area (Å²) in [5.41, 5.74) is 2.71. The van der Waals surface area contributed by atoms with Gasteiger partial charge in [-0.05, 0) is 86.1 Å². The topological polar surface area (TPSA) is 88.2 Å². The minimum Gasteiger partial charge on any atom is -0.497 e. The Kier molecular flexibility index (Phi) is 9.27. The average molecular weight is 546 g/mol. The van der Waals surface area contributed by atoms with E-state index >= 15 is 0 Å². The molecule has 2 amide bonds. The summed E-state index contributed by atoms with van der Waals surface area (Å²) < 4.78 is 10.2. The number of anilines is 2. The van der Waals surface area contributed by atoms with Crippen molar-refractivity contribution in [3.05, 3.63) is 90.0 Å². The van der Waals surface area contributed by atoms with Gasteiger partial charge >= 0.3 is 5.97 Å². The number of nitrogens with one attached hydrogen (secondary N) is 1. The van der Waals surface area contributed by atoms with E-state index in [0.29, 0.717) is 34.3 Å². The van der Waals surface area contributed by atoms with Gasteiger partial charge in [-0.3, -0.25) is 14.5 Å². The zero-order valence-electron chi connectivity index (χ0n) is 22.0. The molecule has 0 saturated carbocycles. The summed E-state index contributed by atoms with van der Waals surface area (Å²) in [4.78, 5) is 42.0. The predicted molar refractivity (Wildman–Crippen MR) is 154 cm³/mol. The Morgan fingerprint density at radius 2 is 1.67 bits per heavy atom. The molecule has 1 unspecified atom stereocenters. The molecule has 8 nitrogen and oxygen atoms in total. The SMILES string of the molecule is CCOC(=O)c1ccc(N2C(=O)C(CC(=O)Nc3ccc(OC)cc3)N(CCCc3ccccc3)C2=S)cc1. The highest BCUT2D eigenvalue weighted by Gasteiger charge is 2.43. The fraction of sp³-hybridized carbons (Fsp3) is 0.267. The van der Waals surface area contributed by atoms with Crippen molar-refractivity contribution in [3.8, 4) is 5.75 Å². The van der Waals surface area contributed by atoms with E-state index in [1.54, 1.807) is 62.6 Å². The molecular weight excluding hydrogens is 514 g/mol. The number of esters is 1. The normalized spacial score (nSPS) is 14.9. The third kappa shape index (κ3) is 6.80. The predicted octanol–water partition coefficient (Wildman–Crippen LogP) is 4.84. The van der Waals surface area contributed by atoms with Crippen LogP contribution in [0.1, 0.15) is 35.7 Å². The Labute approximate surface area is 233 Å². The first-order valence-corrected chi connectivity index (χ1v) is 13.2. The maximum absolute atomic E-state index is 13.7. The lowest BCUT2D eigenvalue weighted by Gasteiger charge is -2.24. The number of hydrogen-bond acceptors (Lipinski definition) is 6. The summed E-state index contributed by atoms with van der Waals surface area (Å²) in [5.74, 6) is -0.337. The summed E-state index contributed by atoms with van der Waals surface area (Å²) in [6.07, 6.45) is 1.50. The van der Waals surface area contributed by atoms with Gasteiger partial charge in [-0.15, -0.1) is 0 Å². The smallest absolute Gasteiger partial charge is 0.338 e. The molecular formula is C30H31N3O5S. The molecule has 0 radical (unpaired) electrons. The summed E-state index contributed by atoms with van der Waals surface area (Å²) in [6.45, 7) is 2.52. The zero-order chi connectivity index (χ0) is 27.8. The third-order valence-electron chi connectivity index (χ3n) is 6.42. The van der Waals surface area contributed by atoms with Crippen molar-refractivity contribution in [2.75, 3.05) is 30.5 Å². The fourth-order valence-electron chi connectivity index (χ4n) is 4.45. The van der Waals surface area contributed by atoms with Gasteiger partial charge < -0.3 is 19.7 Å². The standard InChI is InChI=1S/C30H31N3O5S/c1-3-38-29(36)22-11-15-24(16-12-22)33-28(35)26(20-27(34)31-23-13-17-25(37-2)18-14-23)32(30(33)39)19-7-10-21-8-5-4-6-9-21/h4-6,8-9,11-18,26H,3,7,10,19-20H2,1-2H3,(H,31,34). The first kappa shape index (κ1) is 27.8. The van der Waals surface area contributed by atoms with Gasteiger partial charge in [-0.1, -0.05) is 30.3 Å². The van der Waals surface area contributed by atoms with Crippen LogP contribution >= 0.6 is 12.2 Å². The number of thiocarbonyl (C=S) groups is 1. The van der Waals surface area contributed by atoms with E-state index in [-0.39, 0.29) is 24.8 Å². The molecule has 3 aromatic rings. The van der Waals surface area contributed by atoms with Crippen LogP contribution in [0.2, 0.25) is 0 Å². The van der Waals surface area contributed by atoms with Crippen molar-refractivity contribution in [2.24, 2.45) is 0 Å². The lowest BCUT2D eigenvalue weighted by Crippen LogP contribution is -2.38. The molecule has 39 heavy (non-hydrogen) atoms. The molecule has 9 heteroatoms. The largest absolute Gasteiger partial charge is 0.497 e. The number of aryl methyl sites for hydroxylation is 1. The molecule has 3 aromatic carbocycles. The minimum atomic E-state index is -0.753. The third-order valence-corrected chi connectivity index (χ3v) is 6.83. The molecule has 202 valence electrons. The number of ether oxygens (including phenoxy) is 2. The van der Waals surface area contributed by atoms with Gasteiger partial charge in [0.1, 0.15) is 11.8 Å². The van der Waals surface area contributed by atoms with Crippen molar-refractivity contribution in [3.63, 3.8) is 0 Å². The summed E-state index contributed by atoms with van der Waals surface area (Å²) in [6, 6.07) is 22.9. The van der Waals surface area contributed by atoms with Gasteiger partial charge in [0.25, 0.3) is 5.91 Å². The van der Waals surface area contributed by atoms with Crippen LogP contribution in [0, 0.1) is 0 Å². The molecule has 1 fully saturated rings. The summed E-state index contributed by atoms with van der Waals surface area (Å²) in [5, 5.41) is 3.19. The maximum Gasteiger partial charge on any atom is 0.338 e. The van der Waals surface area contributed by atoms with Gasteiger partial charge in [0.2, 0.25) is 5.91 Å². The van der Waals surface area contributed by atoms with E-state index < -0.39 is 12.0 Å². The van der Waals surface area contributed by atoms with Gasteiger partial charge in [0.05, 0.1) is 31.4 Å². The zero-order valence-corrected chi connectivity index (χ0v) is 22.8. The number of carbonyl (C=O) groups excluding carboxylic acids is 3. The fourth-order valence-corrected chi connectivity index (χ4v) is 4.86. The van der Waals surface area contributed by atoms with Gasteiger partial charge in [-0.25, -0.2) is 4.79 Å². The molecule has 1 saturated heterocycles. The number of methoxy groups -OCH3 is 1. The first-order valence-electron chi connectivity index (χ1n) is 12.8. The maximum atomic E-state index is 13.7. The number of benzene rings is 3. The molecule has 0 aliphatic carbocycles. The number of hydrogen-bond donors (Lipinski definition) is 1. The molecule has 1 heterocycles. The van der Waals surface area contributed by atoms with Crippen molar-refractivity contribution in [1.29, 1.82) is 0 Å². The van der Waals surface area contributed by atoms with Crippen LogP contribution in [0.5, 0.6) is 5.75 Å². The van der Waals surface area contributed by atoms with E-state index in [1.165, 1.54) is 10.5 Å². The molecule has 1 N–H and O–H groups in total. The molecule has 1 aliphatic heterocycles. The van der Waals surface area contributed by atoms with E-state index in [2.05, 4.69) is 17.4 Å². The lowest BCUT2D eigenvalue weighted by atomic mass is 10.1. The summed E-state index contributed by atoms with van der Waals surface area (Å²) >= 11 is 5.76. The quantitative estimate of drug-likeness (QED) is 0.273. The highest BCUT2D eigenvalue weighted by Crippen LogP contribution is 2.28. The minimum absolute atomic E-state index is 0.0618. The Hall–Kier alpha value is -4.24. The van der Waals surface area contributed by atoms with Gasteiger partial charge in [0.15, 0.2) is 5.11 Å². The van der Waals surface area contributed by atoms with Crippen LogP contribution in [0.3, 0.4) is 0 Å². The van der Waals surface area contributed by atoms with Crippen LogP contribution in [0.25, 0.3) is 0 Å². The molecule has 0 aromatic heterocycles. The molecule has 1 aliphatic rings. The van der Waals surface area contributed by atoms with Crippen molar-refractivity contribution < 1.29 is 23.9 Å². The Balaban J connectivity index is 1.51. The Morgan fingerprint density at radius 3 is 2.31 bits per heavy atom. The number of nitrogens with zero attached hydrogens (tertiary/aromatic N) is 2. The monoisotopic (exact) mass is 545 g/mol. The molecule has 4 rings (SSSR count). The van der Waals surface area contributed by atoms with Crippen LogP contribution in [0.4, 0.5) is 11.4 Å². The van der Waals surface area contributed by atoms with E-state index in [1.807, 2.05) is 23.1 Å². The number of carbonyl (C=O) groups is 3. The second-order valence-corrected chi connectivity index (χ2v) is 9.37. The first-order chi connectivity index (χ1) is 18.9. The molecule has 0 spiro atoms. The van der Waals surface area contributed by atoms with E-state index in [4.69, 9.17) is 21.7 Å². The van der Waals surface area contributed by atoms with Crippen molar-refractivity contribution in [1.82, 2.24) is 4.90 Å². The second kappa shape index (κ2) is 13.0. The Morgan fingerprint density at radius 1 is 0.974 bits per heavy atom.